The number of phosphoric acid groups is 1. The van der Waals surface area contributed by atoms with Gasteiger partial charge in [0.05, 0.1) is 39.9 Å². The van der Waals surface area contributed by atoms with Crippen LogP contribution in [0.5, 0.6) is 0 Å². The van der Waals surface area contributed by atoms with E-state index in [1.54, 1.807) is 0 Å². The van der Waals surface area contributed by atoms with Crippen molar-refractivity contribution in [1.29, 1.82) is 0 Å². The minimum Gasteiger partial charge on any atom is -0.391 e. The molecule has 9 heteroatoms. The number of phosphoric ester groups is 1. The first-order chi connectivity index (χ1) is 40.0. The second-order valence-corrected chi connectivity index (χ2v) is 27.0. The number of quaternary nitrogens is 1. The Kier molecular flexibility index (Phi) is 62.3. The number of aliphatic hydroxyl groups is 1. The highest BCUT2D eigenvalue weighted by Crippen LogP contribution is 2.43. The van der Waals surface area contributed by atoms with Crippen LogP contribution in [0.4, 0.5) is 0 Å². The number of hydrogen-bond acceptors (Lipinski definition) is 5. The number of nitrogens with zero attached hydrogens (tertiary/aromatic N) is 1. The number of carbonyl (C=O) groups is 1. The Morgan fingerprint density at radius 3 is 1.07 bits per heavy atom. The minimum atomic E-state index is -4.33. The predicted molar refractivity (Wildman–Crippen MR) is 360 cm³/mol. The van der Waals surface area contributed by atoms with Crippen molar-refractivity contribution < 1.29 is 32.9 Å². The van der Waals surface area contributed by atoms with Crippen LogP contribution < -0.4 is 5.32 Å². The van der Waals surface area contributed by atoms with Gasteiger partial charge in [-0.05, 0) is 57.8 Å². The van der Waals surface area contributed by atoms with E-state index in [0.29, 0.717) is 23.9 Å². The number of rotatable bonds is 66. The summed E-state index contributed by atoms with van der Waals surface area (Å²) in [5.74, 6) is -0.140. The Morgan fingerprint density at radius 2 is 0.732 bits per heavy atom. The van der Waals surface area contributed by atoms with Crippen molar-refractivity contribution in [1.82, 2.24) is 5.32 Å². The van der Waals surface area contributed by atoms with Gasteiger partial charge < -0.3 is 19.8 Å². The minimum absolute atomic E-state index is 0.0746. The first kappa shape index (κ1) is 80.2. The van der Waals surface area contributed by atoms with Crippen molar-refractivity contribution in [3.05, 3.63) is 60.8 Å². The third kappa shape index (κ3) is 65.7. The smallest absolute Gasteiger partial charge is 0.391 e. The van der Waals surface area contributed by atoms with E-state index in [0.717, 1.165) is 70.6 Å². The number of carbonyl (C=O) groups excluding carboxylic acids is 1. The molecular weight excluding hydrogens is 1030 g/mol. The van der Waals surface area contributed by atoms with Crippen molar-refractivity contribution in [3.8, 4) is 0 Å². The van der Waals surface area contributed by atoms with E-state index in [2.05, 4.69) is 79.9 Å². The van der Waals surface area contributed by atoms with Crippen LogP contribution in [-0.4, -0.2) is 73.4 Å². The predicted octanol–water partition coefficient (Wildman–Crippen LogP) is 22.8. The molecule has 0 aliphatic carbocycles. The normalized spacial score (nSPS) is 14.0. The van der Waals surface area contributed by atoms with Gasteiger partial charge in [0.2, 0.25) is 5.91 Å². The maximum atomic E-state index is 13.1. The zero-order chi connectivity index (χ0) is 59.8. The highest BCUT2D eigenvalue weighted by atomic mass is 31.2. The summed E-state index contributed by atoms with van der Waals surface area (Å²) >= 11 is 0. The Morgan fingerprint density at radius 1 is 0.427 bits per heavy atom. The zero-order valence-corrected chi connectivity index (χ0v) is 56.1. The third-order valence-electron chi connectivity index (χ3n) is 16.3. The number of allylic oxidation sites excluding steroid dienone is 10. The molecule has 0 spiro atoms. The molecular formula is C73H140N2O6P+. The molecule has 3 unspecified atom stereocenters. The van der Waals surface area contributed by atoms with E-state index in [1.165, 1.54) is 250 Å². The quantitative estimate of drug-likeness (QED) is 0.0243. The van der Waals surface area contributed by atoms with E-state index >= 15 is 0 Å². The standard InChI is InChI=1S/C73H139N2O6P/c1-6-8-10-12-14-16-18-20-22-24-26-28-30-32-34-36-37-39-41-43-45-47-49-51-53-55-57-59-61-63-65-67-73(77)74-71(70-81-82(78,79)80-69-68-75(3,4)5)72(76)66-64-62-60-58-56-54-52-50-48-46-44-42-40-38-35-33-31-29-27-25-23-21-19-17-15-13-11-9-7-2/h8,10,14,16,20,22,26,28,32,34,71-72,76H,6-7,9,11-13,15,17-19,21,23-25,27,29-31,33,35-70H2,1-5H3,(H-,74,77,78,79)/p+1/b10-8-,16-14-,22-20-,28-26-,34-32-. The molecule has 0 aliphatic rings. The van der Waals surface area contributed by atoms with Crippen LogP contribution in [0, 0.1) is 0 Å². The lowest BCUT2D eigenvalue weighted by atomic mass is 10.0. The molecule has 3 N–H and O–H groups in total. The molecule has 82 heavy (non-hydrogen) atoms. The Balaban J connectivity index is 4.02. The largest absolute Gasteiger partial charge is 0.472 e. The molecule has 1 amide bonds. The number of amides is 1. The molecule has 0 rings (SSSR count). The van der Waals surface area contributed by atoms with Crippen LogP contribution in [-0.2, 0) is 18.4 Å². The number of aliphatic hydroxyl groups excluding tert-OH is 1. The van der Waals surface area contributed by atoms with Crippen molar-refractivity contribution in [2.75, 3.05) is 40.9 Å². The topological polar surface area (TPSA) is 105 Å². The fourth-order valence-electron chi connectivity index (χ4n) is 10.8. The molecule has 0 radical (unpaired) electrons. The first-order valence-electron chi connectivity index (χ1n) is 35.7. The molecule has 0 fully saturated rings. The average Bonchev–Trinajstić information content (AvgIpc) is 3.47. The van der Waals surface area contributed by atoms with Crippen LogP contribution in [0.3, 0.4) is 0 Å². The number of nitrogens with one attached hydrogen (secondary N) is 1. The average molecular weight is 1170 g/mol. The van der Waals surface area contributed by atoms with Crippen LogP contribution in [0.25, 0.3) is 0 Å². The fourth-order valence-corrected chi connectivity index (χ4v) is 11.5. The lowest BCUT2D eigenvalue weighted by Gasteiger charge is -2.26. The van der Waals surface area contributed by atoms with Crippen LogP contribution in [0.15, 0.2) is 60.8 Å². The molecule has 0 heterocycles. The van der Waals surface area contributed by atoms with Gasteiger partial charge in [-0.1, -0.05) is 344 Å². The molecule has 0 saturated carbocycles. The maximum Gasteiger partial charge on any atom is 0.472 e. The second-order valence-electron chi connectivity index (χ2n) is 25.6. The fraction of sp³-hybridized carbons (Fsp3) is 0.849. The van der Waals surface area contributed by atoms with Gasteiger partial charge in [-0.3, -0.25) is 13.8 Å². The van der Waals surface area contributed by atoms with E-state index in [1.807, 2.05) is 21.1 Å². The summed E-state index contributed by atoms with van der Waals surface area (Å²) in [4.78, 5) is 23.5. The molecule has 482 valence electrons. The van der Waals surface area contributed by atoms with Crippen molar-refractivity contribution >= 4 is 13.7 Å². The molecule has 0 aromatic rings. The molecule has 0 saturated heterocycles. The lowest BCUT2D eigenvalue weighted by molar-refractivity contribution is -0.870. The number of hydrogen-bond donors (Lipinski definition) is 3. The van der Waals surface area contributed by atoms with E-state index < -0.39 is 20.0 Å². The van der Waals surface area contributed by atoms with Gasteiger partial charge in [-0.2, -0.15) is 0 Å². The maximum absolute atomic E-state index is 13.1. The van der Waals surface area contributed by atoms with Gasteiger partial charge in [0.1, 0.15) is 13.2 Å². The van der Waals surface area contributed by atoms with Gasteiger partial charge in [0.15, 0.2) is 0 Å². The third-order valence-corrected chi connectivity index (χ3v) is 17.3. The second kappa shape index (κ2) is 63.7. The monoisotopic (exact) mass is 1170 g/mol. The summed E-state index contributed by atoms with van der Waals surface area (Å²) in [6.45, 7) is 4.82. The van der Waals surface area contributed by atoms with Gasteiger partial charge in [-0.15, -0.1) is 0 Å². The van der Waals surface area contributed by atoms with Crippen LogP contribution in [0.1, 0.15) is 348 Å². The summed E-state index contributed by atoms with van der Waals surface area (Å²) in [6, 6.07) is -0.764. The highest BCUT2D eigenvalue weighted by molar-refractivity contribution is 7.47. The highest BCUT2D eigenvalue weighted by Gasteiger charge is 2.28. The molecule has 3 atom stereocenters. The van der Waals surface area contributed by atoms with E-state index in [9.17, 15) is 19.4 Å². The summed E-state index contributed by atoms with van der Waals surface area (Å²) < 4.78 is 23.9. The lowest BCUT2D eigenvalue weighted by Crippen LogP contribution is -2.46. The Hall–Kier alpha value is -1.80. The molecule has 8 nitrogen and oxygen atoms in total. The molecule has 0 aliphatic heterocycles. The van der Waals surface area contributed by atoms with Crippen molar-refractivity contribution in [2.45, 2.75) is 360 Å². The summed E-state index contributed by atoms with van der Waals surface area (Å²) in [7, 11) is 1.63. The number of unbranched alkanes of at least 4 members (excludes halogenated alkanes) is 43. The zero-order valence-electron chi connectivity index (χ0n) is 55.2. The Bertz CT molecular complexity index is 1520. The summed E-state index contributed by atoms with van der Waals surface area (Å²) in [6.07, 6.45) is 87.5. The van der Waals surface area contributed by atoms with Crippen molar-refractivity contribution in [3.63, 3.8) is 0 Å². The van der Waals surface area contributed by atoms with E-state index in [4.69, 9.17) is 9.05 Å². The van der Waals surface area contributed by atoms with Crippen LogP contribution >= 0.6 is 7.82 Å². The van der Waals surface area contributed by atoms with Gasteiger partial charge in [-0.25, -0.2) is 4.57 Å². The summed E-state index contributed by atoms with van der Waals surface area (Å²) in [5.41, 5.74) is 0. The first-order valence-corrected chi connectivity index (χ1v) is 37.1. The summed E-state index contributed by atoms with van der Waals surface area (Å²) in [5, 5.41) is 14.2. The van der Waals surface area contributed by atoms with Gasteiger partial charge >= 0.3 is 7.82 Å². The van der Waals surface area contributed by atoms with Crippen molar-refractivity contribution in [2.24, 2.45) is 0 Å². The molecule has 0 bridgehead atoms. The van der Waals surface area contributed by atoms with Crippen LogP contribution in [0.2, 0.25) is 0 Å². The van der Waals surface area contributed by atoms with Gasteiger partial charge in [0.25, 0.3) is 0 Å². The number of likely N-dealkylation sites (N-methyl/N-ethyl adjacent to an activating group) is 1. The Labute approximate surface area is 511 Å². The molecule has 0 aromatic heterocycles. The van der Waals surface area contributed by atoms with E-state index in [-0.39, 0.29) is 19.1 Å². The van der Waals surface area contributed by atoms with Gasteiger partial charge in [0, 0.05) is 6.42 Å². The molecule has 0 aromatic carbocycles. The SMILES string of the molecule is CC/C=C\C/C=C\C/C=C\C/C=C\C/C=C\CCCCCCCCCCCCCCCCCC(=O)NC(COP(=O)(O)OCC[N+](C)(C)C)C(O)CCCCCCCCCCCCCCCCCCCCCCCCCCCCCCC.